The van der Waals surface area contributed by atoms with E-state index in [9.17, 15) is 4.79 Å². The van der Waals surface area contributed by atoms with Gasteiger partial charge in [-0.1, -0.05) is 6.07 Å². The molecule has 1 aliphatic heterocycles. The van der Waals surface area contributed by atoms with Gasteiger partial charge in [0.05, 0.1) is 20.8 Å². The van der Waals surface area contributed by atoms with Crippen molar-refractivity contribution in [2.75, 3.05) is 33.9 Å². The van der Waals surface area contributed by atoms with Gasteiger partial charge in [0.2, 0.25) is 5.88 Å². The van der Waals surface area contributed by atoms with Crippen LogP contribution in [0.2, 0.25) is 0 Å². The lowest BCUT2D eigenvalue weighted by Crippen LogP contribution is -2.41. The molecule has 0 saturated carbocycles. The molecule has 1 fully saturated rings. The van der Waals surface area contributed by atoms with Crippen molar-refractivity contribution in [3.8, 4) is 17.4 Å². The number of piperidine rings is 1. The van der Waals surface area contributed by atoms with Crippen molar-refractivity contribution in [3.63, 3.8) is 0 Å². The van der Waals surface area contributed by atoms with Gasteiger partial charge in [0.25, 0.3) is 5.91 Å². The highest BCUT2D eigenvalue weighted by atomic mass is 16.5. The van der Waals surface area contributed by atoms with Gasteiger partial charge >= 0.3 is 0 Å². The lowest BCUT2D eigenvalue weighted by atomic mass is 9.98. The molecule has 2 aromatic rings. The highest BCUT2D eigenvalue weighted by Gasteiger charge is 2.25. The summed E-state index contributed by atoms with van der Waals surface area (Å²) in [7, 11) is 3.18. The quantitative estimate of drug-likeness (QED) is 0.796. The number of aromatic nitrogens is 1. The highest BCUT2D eigenvalue weighted by Crippen LogP contribution is 2.23. The Hall–Kier alpha value is -2.76. The zero-order valence-electron chi connectivity index (χ0n) is 15.2. The van der Waals surface area contributed by atoms with Gasteiger partial charge in [-0.2, -0.15) is 0 Å². The molecule has 1 aliphatic rings. The van der Waals surface area contributed by atoms with Crippen LogP contribution < -0.4 is 14.2 Å². The summed E-state index contributed by atoms with van der Waals surface area (Å²) in [6.07, 6.45) is 3.62. The molecule has 1 atom stereocenters. The van der Waals surface area contributed by atoms with E-state index < -0.39 is 0 Å². The number of carbonyl (C=O) groups is 1. The fourth-order valence-corrected chi connectivity index (χ4v) is 3.13. The van der Waals surface area contributed by atoms with Crippen molar-refractivity contribution in [2.24, 2.45) is 5.92 Å². The second kappa shape index (κ2) is 8.56. The number of likely N-dealkylation sites (tertiary alicyclic amines) is 1. The van der Waals surface area contributed by atoms with E-state index in [4.69, 9.17) is 14.2 Å². The van der Waals surface area contributed by atoms with E-state index in [1.54, 1.807) is 32.5 Å². The number of hydrogen-bond acceptors (Lipinski definition) is 5. The minimum Gasteiger partial charge on any atom is -0.497 e. The molecule has 0 aliphatic carbocycles. The third kappa shape index (κ3) is 4.45. The number of rotatable bonds is 6. The summed E-state index contributed by atoms with van der Waals surface area (Å²) >= 11 is 0. The summed E-state index contributed by atoms with van der Waals surface area (Å²) in [5, 5.41) is 0. The zero-order valence-corrected chi connectivity index (χ0v) is 15.2. The van der Waals surface area contributed by atoms with Crippen molar-refractivity contribution in [1.82, 2.24) is 9.88 Å². The zero-order chi connectivity index (χ0) is 18.4. The summed E-state index contributed by atoms with van der Waals surface area (Å²) in [6, 6.07) is 11.0. The topological polar surface area (TPSA) is 60.9 Å². The van der Waals surface area contributed by atoms with E-state index in [1.807, 2.05) is 29.2 Å². The first-order chi connectivity index (χ1) is 12.7. The van der Waals surface area contributed by atoms with Crippen molar-refractivity contribution in [1.29, 1.82) is 0 Å². The van der Waals surface area contributed by atoms with Gasteiger partial charge in [0.1, 0.15) is 11.5 Å². The molecule has 0 unspecified atom stereocenters. The Morgan fingerprint density at radius 1 is 1.19 bits per heavy atom. The van der Waals surface area contributed by atoms with Gasteiger partial charge < -0.3 is 19.1 Å². The fraction of sp³-hybridized carbons (Fsp3) is 0.400. The molecule has 2 heterocycles. The van der Waals surface area contributed by atoms with Crippen molar-refractivity contribution >= 4 is 5.91 Å². The third-order valence-electron chi connectivity index (χ3n) is 4.52. The summed E-state index contributed by atoms with van der Waals surface area (Å²) in [5.74, 6) is 2.33. The summed E-state index contributed by atoms with van der Waals surface area (Å²) < 4.78 is 16.2. The largest absolute Gasteiger partial charge is 0.497 e. The Morgan fingerprint density at radius 3 is 2.85 bits per heavy atom. The standard InChI is InChI=1S/C20H24N2O4/c1-24-17-6-3-7-18(12-17)26-14-15-5-4-10-22(13-15)20(23)16-8-9-21-19(11-16)25-2/h3,6-9,11-12,15H,4-5,10,13-14H2,1-2H3/t15-/m0/s1. The number of nitrogens with zero attached hydrogens (tertiary/aromatic N) is 2. The van der Waals surface area contributed by atoms with Crippen LogP contribution in [0.4, 0.5) is 0 Å². The maximum atomic E-state index is 12.8. The van der Waals surface area contributed by atoms with Gasteiger partial charge in [-0.05, 0) is 31.0 Å². The van der Waals surface area contributed by atoms with Crippen LogP contribution in [0.25, 0.3) is 0 Å². The Bertz CT molecular complexity index is 750. The first kappa shape index (κ1) is 18.0. The molecule has 1 aromatic carbocycles. The molecule has 1 aromatic heterocycles. The number of benzene rings is 1. The Balaban J connectivity index is 1.58. The minimum absolute atomic E-state index is 0.0109. The van der Waals surface area contributed by atoms with E-state index in [0.717, 1.165) is 30.9 Å². The monoisotopic (exact) mass is 356 g/mol. The van der Waals surface area contributed by atoms with E-state index in [-0.39, 0.29) is 5.91 Å². The van der Waals surface area contributed by atoms with Crippen LogP contribution in [-0.4, -0.2) is 49.7 Å². The summed E-state index contributed by atoms with van der Waals surface area (Å²) in [4.78, 5) is 18.7. The summed E-state index contributed by atoms with van der Waals surface area (Å²) in [5.41, 5.74) is 0.603. The van der Waals surface area contributed by atoms with Crippen LogP contribution in [0.5, 0.6) is 17.4 Å². The number of amides is 1. The first-order valence-corrected chi connectivity index (χ1v) is 8.76. The van der Waals surface area contributed by atoms with Crippen LogP contribution in [0.1, 0.15) is 23.2 Å². The van der Waals surface area contributed by atoms with Crippen LogP contribution in [0.3, 0.4) is 0 Å². The molecule has 138 valence electrons. The molecule has 1 amide bonds. The van der Waals surface area contributed by atoms with Crippen molar-refractivity contribution in [3.05, 3.63) is 48.2 Å². The molecule has 0 bridgehead atoms. The average molecular weight is 356 g/mol. The first-order valence-electron chi connectivity index (χ1n) is 8.76. The second-order valence-corrected chi connectivity index (χ2v) is 6.34. The molecule has 6 nitrogen and oxygen atoms in total. The number of pyridine rings is 1. The Morgan fingerprint density at radius 2 is 2.04 bits per heavy atom. The van der Waals surface area contributed by atoms with E-state index in [1.165, 1.54) is 0 Å². The average Bonchev–Trinajstić information content (AvgIpc) is 2.72. The third-order valence-corrected chi connectivity index (χ3v) is 4.52. The maximum absolute atomic E-state index is 12.8. The van der Waals surface area contributed by atoms with Crippen LogP contribution in [0.15, 0.2) is 42.6 Å². The molecular weight excluding hydrogens is 332 g/mol. The second-order valence-electron chi connectivity index (χ2n) is 6.34. The van der Waals surface area contributed by atoms with Gasteiger partial charge in [-0.25, -0.2) is 4.98 Å². The minimum atomic E-state index is 0.0109. The molecule has 0 spiro atoms. The Labute approximate surface area is 153 Å². The van der Waals surface area contributed by atoms with Crippen LogP contribution >= 0.6 is 0 Å². The van der Waals surface area contributed by atoms with E-state index in [2.05, 4.69) is 4.98 Å². The lowest BCUT2D eigenvalue weighted by molar-refractivity contribution is 0.0633. The molecule has 6 heteroatoms. The molecule has 1 saturated heterocycles. The maximum Gasteiger partial charge on any atom is 0.254 e. The molecule has 26 heavy (non-hydrogen) atoms. The van der Waals surface area contributed by atoms with E-state index >= 15 is 0 Å². The van der Waals surface area contributed by atoms with Gasteiger partial charge in [-0.15, -0.1) is 0 Å². The SMILES string of the molecule is COc1cccc(OC[C@H]2CCCN(C(=O)c3ccnc(OC)c3)C2)c1. The van der Waals surface area contributed by atoms with Crippen LogP contribution in [-0.2, 0) is 0 Å². The fourth-order valence-electron chi connectivity index (χ4n) is 3.13. The highest BCUT2D eigenvalue weighted by molar-refractivity contribution is 5.94. The molecule has 0 N–H and O–H groups in total. The summed E-state index contributed by atoms with van der Waals surface area (Å²) in [6.45, 7) is 2.03. The molecular formula is C20H24N2O4. The number of hydrogen-bond donors (Lipinski definition) is 0. The molecule has 3 rings (SSSR count). The van der Waals surface area contributed by atoms with Gasteiger partial charge in [0, 0.05) is 42.9 Å². The lowest BCUT2D eigenvalue weighted by Gasteiger charge is -2.32. The number of ether oxygens (including phenoxy) is 3. The normalized spacial score (nSPS) is 16.8. The van der Waals surface area contributed by atoms with Crippen molar-refractivity contribution < 1.29 is 19.0 Å². The predicted octanol–water partition coefficient (Wildman–Crippen LogP) is 3.03. The van der Waals surface area contributed by atoms with Gasteiger partial charge in [0.15, 0.2) is 0 Å². The van der Waals surface area contributed by atoms with E-state index in [0.29, 0.717) is 30.5 Å². The smallest absolute Gasteiger partial charge is 0.254 e. The Kier molecular flexibility index (Phi) is 5.94. The molecule has 0 radical (unpaired) electrons. The number of methoxy groups -OCH3 is 2. The number of carbonyl (C=O) groups excluding carboxylic acids is 1. The van der Waals surface area contributed by atoms with Gasteiger partial charge in [-0.3, -0.25) is 4.79 Å². The predicted molar refractivity (Wildman–Crippen MR) is 97.9 cm³/mol. The van der Waals surface area contributed by atoms with Crippen molar-refractivity contribution in [2.45, 2.75) is 12.8 Å². The van der Waals surface area contributed by atoms with Crippen LogP contribution in [0, 0.1) is 5.92 Å².